The minimum Gasteiger partial charge on any atom is -0.311 e. The monoisotopic (exact) mass is 302 g/mol. The zero-order valence-corrected chi connectivity index (χ0v) is 10.6. The van der Waals surface area contributed by atoms with E-state index in [9.17, 15) is 22.4 Å². The Morgan fingerprint density at radius 1 is 1.43 bits per heavy atom. The molecule has 9 heteroatoms. The van der Waals surface area contributed by atoms with Gasteiger partial charge >= 0.3 is 6.18 Å². The quantitative estimate of drug-likeness (QED) is 0.364. The van der Waals surface area contributed by atoms with Crippen LogP contribution in [-0.2, 0) is 11.0 Å². The van der Waals surface area contributed by atoms with Crippen molar-refractivity contribution in [3.63, 3.8) is 0 Å². The third-order valence-electron chi connectivity index (χ3n) is 3.17. The summed E-state index contributed by atoms with van der Waals surface area (Å²) in [6.07, 6.45) is -4.93. The number of azide groups is 1. The first-order chi connectivity index (χ1) is 9.84. The summed E-state index contributed by atoms with van der Waals surface area (Å²) in [6.45, 7) is -0.0280. The van der Waals surface area contributed by atoms with Crippen LogP contribution in [0.2, 0.25) is 0 Å². The molecule has 21 heavy (non-hydrogen) atoms. The van der Waals surface area contributed by atoms with E-state index in [2.05, 4.69) is 10.0 Å². The van der Waals surface area contributed by atoms with Gasteiger partial charge in [0, 0.05) is 24.4 Å². The van der Waals surface area contributed by atoms with E-state index < -0.39 is 29.2 Å². The van der Waals surface area contributed by atoms with Crippen molar-refractivity contribution in [3.8, 4) is 0 Å². The number of alkyl halides is 3. The van der Waals surface area contributed by atoms with Crippen LogP contribution in [0.3, 0.4) is 0 Å². The van der Waals surface area contributed by atoms with E-state index in [1.54, 1.807) is 0 Å². The van der Waals surface area contributed by atoms with Crippen LogP contribution in [0.4, 0.5) is 23.2 Å². The van der Waals surface area contributed by atoms with Gasteiger partial charge in [-0.15, -0.1) is 0 Å². The Morgan fingerprint density at radius 3 is 2.76 bits per heavy atom. The molecule has 1 aromatic carbocycles. The van der Waals surface area contributed by atoms with Gasteiger partial charge in [0.05, 0.1) is 5.69 Å². The second kappa shape index (κ2) is 5.61. The molecule has 1 aliphatic heterocycles. The lowest BCUT2D eigenvalue weighted by Crippen LogP contribution is -2.28. The van der Waals surface area contributed by atoms with Crippen LogP contribution in [0.25, 0.3) is 10.4 Å². The number of nitrogens with zero attached hydrogens (tertiary/aromatic N) is 4. The van der Waals surface area contributed by atoms with Gasteiger partial charge in [-0.1, -0.05) is 11.2 Å². The highest BCUT2D eigenvalue weighted by Gasteiger charge is 2.41. The smallest absolute Gasteiger partial charge is 0.311 e. The molecule has 1 fully saturated rings. The molecule has 5 nitrogen and oxygen atoms in total. The van der Waals surface area contributed by atoms with Crippen molar-refractivity contribution >= 4 is 11.6 Å². The molecule has 0 spiro atoms. The van der Waals surface area contributed by atoms with Crippen molar-refractivity contribution < 1.29 is 22.4 Å². The minimum atomic E-state index is -4.90. The Morgan fingerprint density at radius 2 is 2.14 bits per heavy atom. The van der Waals surface area contributed by atoms with E-state index in [1.165, 1.54) is 0 Å². The summed E-state index contributed by atoms with van der Waals surface area (Å²) >= 11 is 0. The third kappa shape index (κ3) is 3.08. The molecule has 0 bridgehead atoms. The van der Waals surface area contributed by atoms with Gasteiger partial charge in [0.25, 0.3) is 0 Å². The number of carbonyl (C=O) groups is 1. The van der Waals surface area contributed by atoms with E-state index in [-0.39, 0.29) is 25.4 Å². The molecule has 1 saturated heterocycles. The number of carbonyl (C=O) groups excluding carboxylic acids is 1. The highest BCUT2D eigenvalue weighted by Crippen LogP contribution is 2.40. The van der Waals surface area contributed by atoms with Crippen LogP contribution in [0.5, 0.6) is 0 Å². The van der Waals surface area contributed by atoms with Crippen molar-refractivity contribution in [2.45, 2.75) is 12.6 Å². The SMILES string of the molecule is [N-]=[N+]=NCC1CC(=O)N(c2cccc(F)c2C(F)(F)F)C1. The summed E-state index contributed by atoms with van der Waals surface area (Å²) in [7, 11) is 0. The Bertz CT molecular complexity index is 610. The van der Waals surface area contributed by atoms with Gasteiger partial charge < -0.3 is 4.90 Å². The van der Waals surface area contributed by atoms with Crippen molar-refractivity contribution in [3.05, 3.63) is 40.0 Å². The number of hydrogen-bond acceptors (Lipinski definition) is 2. The van der Waals surface area contributed by atoms with E-state index in [0.29, 0.717) is 6.07 Å². The average Bonchev–Trinajstić information content (AvgIpc) is 2.75. The van der Waals surface area contributed by atoms with Gasteiger partial charge in [0.15, 0.2) is 0 Å². The predicted octanol–water partition coefficient (Wildman–Crippen LogP) is 3.51. The van der Waals surface area contributed by atoms with Gasteiger partial charge in [-0.3, -0.25) is 4.79 Å². The number of amides is 1. The first-order valence-electron chi connectivity index (χ1n) is 6.01. The Kier molecular flexibility index (Phi) is 4.04. The van der Waals surface area contributed by atoms with Crippen LogP contribution < -0.4 is 4.90 Å². The van der Waals surface area contributed by atoms with Gasteiger partial charge in [0.2, 0.25) is 5.91 Å². The van der Waals surface area contributed by atoms with E-state index in [1.807, 2.05) is 0 Å². The normalized spacial score (nSPS) is 18.8. The second-order valence-corrected chi connectivity index (χ2v) is 4.62. The Hall–Kier alpha value is -2.28. The summed E-state index contributed by atoms with van der Waals surface area (Å²) in [6, 6.07) is 2.87. The molecule has 1 amide bonds. The van der Waals surface area contributed by atoms with Crippen LogP contribution in [0, 0.1) is 11.7 Å². The molecule has 1 heterocycles. The first-order valence-corrected chi connectivity index (χ1v) is 6.01. The lowest BCUT2D eigenvalue weighted by molar-refractivity contribution is -0.139. The lowest BCUT2D eigenvalue weighted by Gasteiger charge is -2.22. The van der Waals surface area contributed by atoms with Gasteiger partial charge in [-0.25, -0.2) is 4.39 Å². The van der Waals surface area contributed by atoms with Crippen molar-refractivity contribution in [2.24, 2.45) is 11.0 Å². The largest absolute Gasteiger partial charge is 0.421 e. The Balaban J connectivity index is 2.37. The van der Waals surface area contributed by atoms with E-state index >= 15 is 0 Å². The molecular weight excluding hydrogens is 292 g/mol. The summed E-state index contributed by atoms with van der Waals surface area (Å²) in [4.78, 5) is 15.3. The molecule has 2 rings (SSSR count). The summed E-state index contributed by atoms with van der Waals surface area (Å²) in [5.41, 5.74) is 6.26. The van der Waals surface area contributed by atoms with E-state index in [4.69, 9.17) is 5.53 Å². The predicted molar refractivity (Wildman–Crippen MR) is 65.9 cm³/mol. The lowest BCUT2D eigenvalue weighted by atomic mass is 10.1. The number of anilines is 1. The maximum absolute atomic E-state index is 13.5. The van der Waals surface area contributed by atoms with Crippen LogP contribution in [-0.4, -0.2) is 19.0 Å². The molecule has 0 N–H and O–H groups in total. The van der Waals surface area contributed by atoms with Gasteiger partial charge in [0.1, 0.15) is 11.4 Å². The molecule has 0 aromatic heterocycles. The minimum absolute atomic E-state index is 0.00933. The third-order valence-corrected chi connectivity index (χ3v) is 3.17. The summed E-state index contributed by atoms with van der Waals surface area (Å²) < 4.78 is 52.3. The fourth-order valence-electron chi connectivity index (χ4n) is 2.31. The zero-order chi connectivity index (χ0) is 15.6. The van der Waals surface area contributed by atoms with Crippen molar-refractivity contribution in [1.29, 1.82) is 0 Å². The molecule has 0 saturated carbocycles. The number of rotatable bonds is 3. The van der Waals surface area contributed by atoms with Gasteiger partial charge in [-0.05, 0) is 23.6 Å². The summed E-state index contributed by atoms with van der Waals surface area (Å²) in [5, 5.41) is 3.31. The van der Waals surface area contributed by atoms with Gasteiger partial charge in [-0.2, -0.15) is 13.2 Å². The second-order valence-electron chi connectivity index (χ2n) is 4.62. The molecule has 0 radical (unpaired) electrons. The van der Waals surface area contributed by atoms with Crippen molar-refractivity contribution in [2.75, 3.05) is 18.0 Å². The highest BCUT2D eigenvalue weighted by atomic mass is 19.4. The fraction of sp³-hybridized carbons (Fsp3) is 0.417. The number of halogens is 4. The van der Waals surface area contributed by atoms with Crippen LogP contribution >= 0.6 is 0 Å². The number of benzene rings is 1. The van der Waals surface area contributed by atoms with Crippen LogP contribution in [0.15, 0.2) is 23.3 Å². The van der Waals surface area contributed by atoms with E-state index in [0.717, 1.165) is 17.0 Å². The number of hydrogen-bond donors (Lipinski definition) is 0. The average molecular weight is 302 g/mol. The maximum atomic E-state index is 13.5. The highest BCUT2D eigenvalue weighted by molar-refractivity contribution is 5.96. The fourth-order valence-corrected chi connectivity index (χ4v) is 2.31. The summed E-state index contributed by atoms with van der Waals surface area (Å²) in [5.74, 6) is -2.35. The van der Waals surface area contributed by atoms with Crippen molar-refractivity contribution in [1.82, 2.24) is 0 Å². The molecule has 0 aliphatic carbocycles. The standard InChI is InChI=1S/C12H10F4N4O/c13-8-2-1-3-9(11(8)12(14,15)16)20-6-7(4-10(20)21)5-18-19-17/h1-3,7H,4-6H2. The molecule has 1 atom stereocenters. The molecule has 1 unspecified atom stereocenters. The first kappa shape index (κ1) is 15.1. The zero-order valence-electron chi connectivity index (χ0n) is 10.6. The molecular formula is C12H10F4N4O. The maximum Gasteiger partial charge on any atom is 0.421 e. The van der Waals surface area contributed by atoms with Crippen LogP contribution in [0.1, 0.15) is 12.0 Å². The molecule has 1 aromatic rings. The Labute approximate surface area is 116 Å². The topological polar surface area (TPSA) is 69.1 Å². The molecule has 1 aliphatic rings. The molecule has 112 valence electrons.